The van der Waals surface area contributed by atoms with Gasteiger partial charge in [-0.05, 0) is 43.3 Å². The van der Waals surface area contributed by atoms with Gasteiger partial charge in [0.05, 0.1) is 4.90 Å². The maximum absolute atomic E-state index is 12.5. The number of aromatic nitrogens is 1. The highest BCUT2D eigenvalue weighted by molar-refractivity contribution is 7.92. The summed E-state index contributed by atoms with van der Waals surface area (Å²) in [7, 11) is -3.59. The predicted octanol–water partition coefficient (Wildman–Crippen LogP) is 4.62. The number of para-hydroxylation sites is 1. The molecule has 0 atom stereocenters. The highest BCUT2D eigenvalue weighted by Gasteiger charge is 2.15. The van der Waals surface area contributed by atoms with Crippen LogP contribution < -0.4 is 4.72 Å². The fourth-order valence-corrected chi connectivity index (χ4v) is 4.34. The molecule has 0 amide bonds. The summed E-state index contributed by atoms with van der Waals surface area (Å²) >= 11 is 0. The lowest BCUT2D eigenvalue weighted by Gasteiger charge is -2.09. The quantitative estimate of drug-likeness (QED) is 0.584. The van der Waals surface area contributed by atoms with E-state index in [-0.39, 0.29) is 4.90 Å². The van der Waals surface area contributed by atoms with E-state index in [0.29, 0.717) is 5.69 Å². The molecule has 0 aliphatic rings. The van der Waals surface area contributed by atoms with Crippen molar-refractivity contribution < 1.29 is 8.42 Å². The van der Waals surface area contributed by atoms with Crippen molar-refractivity contribution in [1.29, 1.82) is 0 Å². The van der Waals surface area contributed by atoms with E-state index >= 15 is 0 Å². The molecule has 25 heavy (non-hydrogen) atoms. The van der Waals surface area contributed by atoms with E-state index in [1.54, 1.807) is 30.3 Å². The summed E-state index contributed by atoms with van der Waals surface area (Å²) in [4.78, 5) is 0.256. The third-order valence-corrected chi connectivity index (χ3v) is 5.79. The Hall–Kier alpha value is -2.79. The number of anilines is 1. The molecule has 5 heteroatoms. The number of hydrogen-bond donors (Lipinski definition) is 1. The van der Waals surface area contributed by atoms with Crippen molar-refractivity contribution in [2.75, 3.05) is 4.72 Å². The van der Waals surface area contributed by atoms with Gasteiger partial charge in [-0.15, -0.1) is 0 Å². The summed E-state index contributed by atoms with van der Waals surface area (Å²) in [6.45, 7) is 2.97. The van der Waals surface area contributed by atoms with E-state index in [1.807, 2.05) is 30.3 Å². The maximum Gasteiger partial charge on any atom is 0.261 e. The first-order valence-corrected chi connectivity index (χ1v) is 9.67. The van der Waals surface area contributed by atoms with Crippen LogP contribution in [-0.2, 0) is 16.6 Å². The van der Waals surface area contributed by atoms with Crippen LogP contribution in [-0.4, -0.2) is 13.0 Å². The second kappa shape index (κ2) is 5.93. The second-order valence-electron chi connectivity index (χ2n) is 5.91. The monoisotopic (exact) mass is 350 g/mol. The summed E-state index contributed by atoms with van der Waals surface area (Å²) < 4.78 is 30.0. The van der Waals surface area contributed by atoms with Gasteiger partial charge in [0.2, 0.25) is 0 Å². The summed E-state index contributed by atoms with van der Waals surface area (Å²) in [5.74, 6) is 0. The van der Waals surface area contributed by atoms with Gasteiger partial charge in [0.1, 0.15) is 0 Å². The van der Waals surface area contributed by atoms with Gasteiger partial charge in [-0.1, -0.05) is 36.4 Å². The van der Waals surface area contributed by atoms with Gasteiger partial charge in [-0.3, -0.25) is 4.72 Å². The van der Waals surface area contributed by atoms with Gasteiger partial charge < -0.3 is 4.57 Å². The highest BCUT2D eigenvalue weighted by Crippen LogP contribution is 2.31. The number of hydrogen-bond acceptors (Lipinski definition) is 2. The maximum atomic E-state index is 12.5. The van der Waals surface area contributed by atoms with E-state index in [1.165, 1.54) is 0 Å². The lowest BCUT2D eigenvalue weighted by Crippen LogP contribution is -2.12. The highest BCUT2D eigenvalue weighted by atomic mass is 32.2. The van der Waals surface area contributed by atoms with Gasteiger partial charge >= 0.3 is 0 Å². The molecular formula is C20H18N2O2S. The van der Waals surface area contributed by atoms with E-state index in [4.69, 9.17) is 0 Å². The fraction of sp³-hybridized carbons (Fsp3) is 0.100. The largest absolute Gasteiger partial charge is 0.341 e. The van der Waals surface area contributed by atoms with E-state index < -0.39 is 10.0 Å². The second-order valence-corrected chi connectivity index (χ2v) is 7.59. The predicted molar refractivity (Wildman–Crippen MR) is 102 cm³/mol. The minimum absolute atomic E-state index is 0.256. The molecule has 1 aromatic heterocycles. The van der Waals surface area contributed by atoms with Gasteiger partial charge in [0, 0.05) is 34.0 Å². The summed E-state index contributed by atoms with van der Waals surface area (Å²) in [5, 5.41) is 2.17. The molecule has 4 rings (SSSR count). The Labute approximate surface area is 146 Å². The smallest absolute Gasteiger partial charge is 0.261 e. The van der Waals surface area contributed by atoms with Crippen LogP contribution in [0.1, 0.15) is 6.92 Å². The van der Waals surface area contributed by atoms with Crippen molar-refractivity contribution in [3.8, 4) is 0 Å². The third kappa shape index (κ3) is 2.66. The fourth-order valence-electron chi connectivity index (χ4n) is 3.27. The van der Waals surface area contributed by atoms with Crippen molar-refractivity contribution in [1.82, 2.24) is 4.57 Å². The molecule has 1 N–H and O–H groups in total. The zero-order valence-electron chi connectivity index (χ0n) is 13.8. The lowest BCUT2D eigenvalue weighted by molar-refractivity contribution is 0.601. The summed E-state index contributed by atoms with van der Waals surface area (Å²) in [6.07, 6.45) is 0. The molecule has 0 saturated heterocycles. The Morgan fingerprint density at radius 3 is 2.28 bits per heavy atom. The first-order chi connectivity index (χ1) is 12.1. The number of nitrogens with one attached hydrogen (secondary N) is 1. The van der Waals surface area contributed by atoms with Crippen molar-refractivity contribution in [3.63, 3.8) is 0 Å². The first-order valence-electron chi connectivity index (χ1n) is 8.19. The van der Waals surface area contributed by atoms with Crippen molar-refractivity contribution in [2.24, 2.45) is 0 Å². The van der Waals surface area contributed by atoms with Crippen molar-refractivity contribution in [2.45, 2.75) is 18.4 Å². The number of aryl methyl sites for hydroxylation is 1. The van der Waals surface area contributed by atoms with Gasteiger partial charge in [0.25, 0.3) is 10.0 Å². The van der Waals surface area contributed by atoms with Crippen LogP contribution >= 0.6 is 0 Å². The van der Waals surface area contributed by atoms with Gasteiger partial charge in [-0.25, -0.2) is 8.42 Å². The van der Waals surface area contributed by atoms with Crippen molar-refractivity contribution in [3.05, 3.63) is 72.8 Å². The first kappa shape index (κ1) is 15.7. The number of nitrogens with zero attached hydrogens (tertiary/aromatic N) is 1. The Kier molecular flexibility index (Phi) is 3.73. The third-order valence-electron chi connectivity index (χ3n) is 4.39. The molecule has 0 saturated carbocycles. The molecule has 1 heterocycles. The minimum Gasteiger partial charge on any atom is -0.341 e. The molecule has 0 aliphatic carbocycles. The van der Waals surface area contributed by atoms with Crippen LogP contribution in [0.25, 0.3) is 21.8 Å². The number of sulfonamides is 1. The molecule has 126 valence electrons. The Morgan fingerprint density at radius 2 is 1.52 bits per heavy atom. The SMILES string of the molecule is CCn1c2ccccc2c2cc(NS(=O)(=O)c3ccccc3)ccc21. The average Bonchev–Trinajstić information content (AvgIpc) is 2.95. The Balaban J connectivity index is 1.84. The summed E-state index contributed by atoms with van der Waals surface area (Å²) in [5.41, 5.74) is 2.82. The van der Waals surface area contributed by atoms with Crippen LogP contribution in [0.4, 0.5) is 5.69 Å². The van der Waals surface area contributed by atoms with Crippen LogP contribution in [0, 0.1) is 0 Å². The van der Waals surface area contributed by atoms with Crippen molar-refractivity contribution >= 4 is 37.5 Å². The van der Waals surface area contributed by atoms with Crippen LogP contribution in [0.5, 0.6) is 0 Å². The number of fused-ring (bicyclic) bond motifs is 3. The molecule has 0 unspecified atom stereocenters. The van der Waals surface area contributed by atoms with Crippen LogP contribution in [0.2, 0.25) is 0 Å². The summed E-state index contributed by atoms with van der Waals surface area (Å²) in [6, 6.07) is 22.3. The molecule has 4 aromatic rings. The molecule has 0 spiro atoms. The van der Waals surface area contributed by atoms with E-state index in [0.717, 1.165) is 28.4 Å². The average molecular weight is 350 g/mol. The zero-order chi connectivity index (χ0) is 17.4. The van der Waals surface area contributed by atoms with Gasteiger partial charge in [0.15, 0.2) is 0 Å². The molecule has 0 fully saturated rings. The number of benzene rings is 3. The normalized spacial score (nSPS) is 11.9. The standard InChI is InChI=1S/C20H18N2O2S/c1-2-22-19-11-7-6-10-17(19)18-14-15(12-13-20(18)22)21-25(23,24)16-8-4-3-5-9-16/h3-14,21H,2H2,1H3. The van der Waals surface area contributed by atoms with E-state index in [9.17, 15) is 8.42 Å². The molecule has 0 bridgehead atoms. The topological polar surface area (TPSA) is 51.1 Å². The molecule has 4 nitrogen and oxygen atoms in total. The zero-order valence-corrected chi connectivity index (χ0v) is 14.6. The van der Waals surface area contributed by atoms with E-state index in [2.05, 4.69) is 28.3 Å². The molecule has 0 radical (unpaired) electrons. The lowest BCUT2D eigenvalue weighted by atomic mass is 10.1. The Morgan fingerprint density at radius 1 is 0.840 bits per heavy atom. The molecule has 0 aliphatic heterocycles. The van der Waals surface area contributed by atoms with Gasteiger partial charge in [-0.2, -0.15) is 0 Å². The Bertz CT molecular complexity index is 1160. The molecule has 3 aromatic carbocycles. The minimum atomic E-state index is -3.59. The van der Waals surface area contributed by atoms with Crippen LogP contribution in [0.15, 0.2) is 77.7 Å². The number of rotatable bonds is 4. The van der Waals surface area contributed by atoms with Crippen LogP contribution in [0.3, 0.4) is 0 Å². The molecular weight excluding hydrogens is 332 g/mol.